The molecule has 1 unspecified atom stereocenters. The Bertz CT molecular complexity index is 723. The Balaban J connectivity index is 1.45. The average Bonchev–Trinajstić information content (AvgIpc) is 3.24. The number of hydrogen-bond acceptors (Lipinski definition) is 3. The highest BCUT2D eigenvalue weighted by Crippen LogP contribution is 2.41. The van der Waals surface area contributed by atoms with Gasteiger partial charge in [0.25, 0.3) is 0 Å². The minimum absolute atomic E-state index is 0.102. The number of furan rings is 1. The van der Waals surface area contributed by atoms with Crippen LogP contribution in [-0.2, 0) is 11.3 Å². The normalized spacial score (nSPS) is 25.3. The number of carbonyl (C=O) groups excluding carboxylic acids is 1. The Hall–Kier alpha value is -1.81. The van der Waals surface area contributed by atoms with E-state index in [1.807, 2.05) is 12.1 Å². The highest BCUT2D eigenvalue weighted by molar-refractivity contribution is 5.85. The van der Waals surface area contributed by atoms with Crippen LogP contribution in [0.3, 0.4) is 0 Å². The van der Waals surface area contributed by atoms with E-state index in [2.05, 4.69) is 28.9 Å². The van der Waals surface area contributed by atoms with Crippen molar-refractivity contribution in [2.75, 3.05) is 26.2 Å². The first kappa shape index (κ1) is 14.8. The summed E-state index contributed by atoms with van der Waals surface area (Å²) in [5, 5.41) is 1.16. The molecule has 2 aliphatic rings. The van der Waals surface area contributed by atoms with Crippen LogP contribution in [0.4, 0.5) is 0 Å². The lowest BCUT2D eigenvalue weighted by Gasteiger charge is -2.23. The molecular weight excluding hydrogens is 288 g/mol. The van der Waals surface area contributed by atoms with Crippen LogP contribution >= 0.6 is 0 Å². The number of nitrogens with zero attached hydrogens (tertiary/aromatic N) is 2. The van der Waals surface area contributed by atoms with Crippen molar-refractivity contribution in [1.29, 1.82) is 0 Å². The minimum atomic E-state index is -0.102. The van der Waals surface area contributed by atoms with E-state index >= 15 is 0 Å². The Morgan fingerprint density at radius 2 is 2.09 bits per heavy atom. The molecule has 4 rings (SSSR count). The quantitative estimate of drug-likeness (QED) is 0.869. The van der Waals surface area contributed by atoms with Crippen LogP contribution in [0, 0.1) is 5.41 Å². The fourth-order valence-electron chi connectivity index (χ4n) is 4.22. The van der Waals surface area contributed by atoms with Crippen molar-refractivity contribution in [1.82, 2.24) is 9.80 Å². The summed E-state index contributed by atoms with van der Waals surface area (Å²) < 4.78 is 5.40. The van der Waals surface area contributed by atoms with Crippen molar-refractivity contribution >= 4 is 16.9 Å². The third-order valence-corrected chi connectivity index (χ3v) is 5.45. The lowest BCUT2D eigenvalue weighted by Crippen LogP contribution is -2.37. The number of amides is 1. The summed E-state index contributed by atoms with van der Waals surface area (Å²) in [6, 6.07) is 8.38. The summed E-state index contributed by atoms with van der Waals surface area (Å²) in [7, 11) is 0. The van der Waals surface area contributed by atoms with Crippen molar-refractivity contribution in [3.8, 4) is 0 Å². The molecule has 2 fully saturated rings. The zero-order valence-corrected chi connectivity index (χ0v) is 13.8. The van der Waals surface area contributed by atoms with E-state index in [0.29, 0.717) is 5.91 Å². The van der Waals surface area contributed by atoms with Gasteiger partial charge in [0.2, 0.25) is 5.91 Å². The molecular formula is C19H24N2O2. The molecule has 23 heavy (non-hydrogen) atoms. The van der Waals surface area contributed by atoms with Gasteiger partial charge in [0.05, 0.1) is 11.7 Å². The molecule has 2 saturated heterocycles. The van der Waals surface area contributed by atoms with Gasteiger partial charge in [-0.3, -0.25) is 9.69 Å². The van der Waals surface area contributed by atoms with Gasteiger partial charge in [0, 0.05) is 31.6 Å². The lowest BCUT2D eigenvalue weighted by atomic mass is 9.85. The Kier molecular flexibility index (Phi) is 3.64. The predicted octanol–water partition coefficient (Wildman–Crippen LogP) is 3.27. The highest BCUT2D eigenvalue weighted by Gasteiger charge is 2.50. The van der Waals surface area contributed by atoms with Gasteiger partial charge < -0.3 is 9.32 Å². The molecule has 4 nitrogen and oxygen atoms in total. The molecule has 1 atom stereocenters. The molecule has 1 spiro atoms. The number of rotatable bonds is 4. The molecule has 1 amide bonds. The van der Waals surface area contributed by atoms with E-state index in [4.69, 9.17) is 4.42 Å². The van der Waals surface area contributed by atoms with Gasteiger partial charge in [-0.25, -0.2) is 0 Å². The zero-order valence-electron chi connectivity index (χ0n) is 13.8. The molecule has 1 aromatic heterocycles. The maximum absolute atomic E-state index is 12.7. The van der Waals surface area contributed by atoms with Gasteiger partial charge in [-0.15, -0.1) is 0 Å². The van der Waals surface area contributed by atoms with E-state index in [1.165, 1.54) is 5.56 Å². The maximum Gasteiger partial charge on any atom is 0.230 e. The van der Waals surface area contributed by atoms with E-state index in [-0.39, 0.29) is 5.41 Å². The molecule has 0 radical (unpaired) electrons. The maximum atomic E-state index is 12.7. The van der Waals surface area contributed by atoms with Gasteiger partial charge in [-0.05, 0) is 49.6 Å². The van der Waals surface area contributed by atoms with Crippen molar-refractivity contribution in [3.05, 3.63) is 36.1 Å². The van der Waals surface area contributed by atoms with Crippen molar-refractivity contribution in [3.63, 3.8) is 0 Å². The van der Waals surface area contributed by atoms with Crippen molar-refractivity contribution < 1.29 is 9.21 Å². The monoisotopic (exact) mass is 312 g/mol. The van der Waals surface area contributed by atoms with Crippen LogP contribution in [0.15, 0.2) is 34.9 Å². The first-order chi connectivity index (χ1) is 11.2. The Morgan fingerprint density at radius 1 is 1.22 bits per heavy atom. The summed E-state index contributed by atoms with van der Waals surface area (Å²) >= 11 is 0. The second kappa shape index (κ2) is 5.68. The van der Waals surface area contributed by atoms with Gasteiger partial charge in [-0.1, -0.05) is 13.0 Å². The van der Waals surface area contributed by atoms with Crippen molar-refractivity contribution in [2.24, 2.45) is 5.41 Å². The number of hydrogen-bond donors (Lipinski definition) is 0. The number of benzene rings is 1. The third-order valence-electron chi connectivity index (χ3n) is 5.45. The number of likely N-dealkylation sites (tertiary alicyclic amines) is 2. The SMILES string of the molecule is CCCN1CCC2(CCN(Cc3ccc4occc4c3)C2)C1=O. The molecule has 122 valence electrons. The van der Waals surface area contributed by atoms with Crippen LogP contribution in [0.1, 0.15) is 31.7 Å². The molecule has 2 aliphatic heterocycles. The summed E-state index contributed by atoms with van der Waals surface area (Å²) in [4.78, 5) is 17.3. The van der Waals surface area contributed by atoms with Crippen LogP contribution in [0.2, 0.25) is 0 Å². The van der Waals surface area contributed by atoms with E-state index < -0.39 is 0 Å². The van der Waals surface area contributed by atoms with Gasteiger partial charge >= 0.3 is 0 Å². The zero-order chi connectivity index (χ0) is 15.9. The lowest BCUT2D eigenvalue weighted by molar-refractivity contribution is -0.135. The standard InChI is InChI=1S/C19H24N2O2/c1-2-8-21-10-7-19(18(21)22)6-9-20(14-19)13-15-3-4-17-16(12-15)5-11-23-17/h3-5,11-12H,2,6-10,13-14H2,1H3. The summed E-state index contributed by atoms with van der Waals surface area (Å²) in [5.74, 6) is 0.395. The molecule has 0 aliphatic carbocycles. The summed E-state index contributed by atoms with van der Waals surface area (Å²) in [6.07, 6.45) is 4.83. The van der Waals surface area contributed by atoms with Gasteiger partial charge in [0.15, 0.2) is 0 Å². The van der Waals surface area contributed by atoms with Crippen LogP contribution in [-0.4, -0.2) is 41.9 Å². The van der Waals surface area contributed by atoms with E-state index in [0.717, 1.165) is 63.0 Å². The summed E-state index contributed by atoms with van der Waals surface area (Å²) in [5.41, 5.74) is 2.13. The van der Waals surface area contributed by atoms with E-state index in [9.17, 15) is 4.79 Å². The average molecular weight is 312 g/mol. The Labute approximate surface area is 137 Å². The Morgan fingerprint density at radius 3 is 2.96 bits per heavy atom. The second-order valence-corrected chi connectivity index (χ2v) is 7.08. The number of carbonyl (C=O) groups is 1. The van der Waals surface area contributed by atoms with Crippen molar-refractivity contribution in [2.45, 2.75) is 32.7 Å². The first-order valence-electron chi connectivity index (χ1n) is 8.68. The fourth-order valence-corrected chi connectivity index (χ4v) is 4.22. The van der Waals surface area contributed by atoms with Gasteiger partial charge in [-0.2, -0.15) is 0 Å². The predicted molar refractivity (Wildman–Crippen MR) is 90.0 cm³/mol. The minimum Gasteiger partial charge on any atom is -0.464 e. The molecule has 0 N–H and O–H groups in total. The molecule has 0 saturated carbocycles. The summed E-state index contributed by atoms with van der Waals surface area (Å²) in [6.45, 7) is 6.86. The highest BCUT2D eigenvalue weighted by atomic mass is 16.3. The number of fused-ring (bicyclic) bond motifs is 1. The molecule has 1 aromatic carbocycles. The largest absolute Gasteiger partial charge is 0.464 e. The van der Waals surface area contributed by atoms with Crippen LogP contribution in [0.25, 0.3) is 11.0 Å². The smallest absolute Gasteiger partial charge is 0.230 e. The molecule has 4 heteroatoms. The molecule has 2 aromatic rings. The van der Waals surface area contributed by atoms with Gasteiger partial charge in [0.1, 0.15) is 5.58 Å². The fraction of sp³-hybridized carbons (Fsp3) is 0.526. The third kappa shape index (κ3) is 2.55. The van der Waals surface area contributed by atoms with Crippen LogP contribution < -0.4 is 0 Å². The molecule has 3 heterocycles. The van der Waals surface area contributed by atoms with E-state index in [1.54, 1.807) is 6.26 Å². The second-order valence-electron chi connectivity index (χ2n) is 7.08. The molecule has 0 bridgehead atoms. The first-order valence-corrected chi connectivity index (χ1v) is 8.68. The topological polar surface area (TPSA) is 36.7 Å². The van der Waals surface area contributed by atoms with Crippen LogP contribution in [0.5, 0.6) is 0 Å².